The molecule has 35 heavy (non-hydrogen) atoms. The summed E-state index contributed by atoms with van der Waals surface area (Å²) in [5.74, 6) is 0.495. The number of rotatable bonds is 10. The first-order chi connectivity index (χ1) is 16.9. The predicted molar refractivity (Wildman–Crippen MR) is 133 cm³/mol. The lowest BCUT2D eigenvalue weighted by molar-refractivity contribution is 0.0922. The largest absolute Gasteiger partial charge is 0.497 e. The number of hydrogen-bond acceptors (Lipinski definition) is 9. The molecule has 4 rings (SSSR count). The van der Waals surface area contributed by atoms with Crippen molar-refractivity contribution in [2.75, 3.05) is 23.8 Å². The molecule has 11 heteroatoms. The van der Waals surface area contributed by atoms with E-state index < -0.39 is 10.0 Å². The number of nitrogen functional groups attached to an aromatic ring is 1. The summed E-state index contributed by atoms with van der Waals surface area (Å²) >= 11 is 0.959. The van der Waals surface area contributed by atoms with Gasteiger partial charge in [-0.05, 0) is 29.8 Å². The van der Waals surface area contributed by atoms with E-state index in [0.717, 1.165) is 21.4 Å². The first-order valence-electron chi connectivity index (χ1n) is 10.4. The molecule has 0 bridgehead atoms. The zero-order valence-electron chi connectivity index (χ0n) is 18.7. The van der Waals surface area contributed by atoms with E-state index in [4.69, 9.17) is 15.2 Å². The highest BCUT2D eigenvalue weighted by atomic mass is 32.2. The summed E-state index contributed by atoms with van der Waals surface area (Å²) in [6.45, 7) is -0.266. The average molecular weight is 511 g/mol. The number of benzene rings is 3. The molecule has 0 fully saturated rings. The Morgan fingerprint density at radius 1 is 1.06 bits per heavy atom. The molecular formula is C24H22N4O5S2. The van der Waals surface area contributed by atoms with E-state index in [1.54, 1.807) is 61.7 Å². The Balaban J connectivity index is 1.61. The van der Waals surface area contributed by atoms with Gasteiger partial charge in [0, 0.05) is 23.2 Å². The molecule has 2 N–H and O–H groups in total. The Bertz CT molecular complexity index is 1390. The van der Waals surface area contributed by atoms with E-state index in [2.05, 4.69) is 9.36 Å². The second-order valence-corrected chi connectivity index (χ2v) is 9.98. The number of nitrogens with zero attached hydrogens (tertiary/aromatic N) is 3. The summed E-state index contributed by atoms with van der Waals surface area (Å²) in [5.41, 5.74) is 7.42. The fourth-order valence-corrected chi connectivity index (χ4v) is 5.36. The molecule has 180 valence electrons. The number of carbonyl (C=O) groups is 1. The number of aromatic nitrogens is 2. The molecular weight excluding hydrogens is 488 g/mol. The molecule has 3 aromatic carbocycles. The summed E-state index contributed by atoms with van der Waals surface area (Å²) in [6.07, 6.45) is 1.29. The number of ether oxygens (including phenoxy) is 2. The molecule has 0 atom stereocenters. The van der Waals surface area contributed by atoms with Gasteiger partial charge in [0.25, 0.3) is 10.0 Å². The molecule has 0 aliphatic rings. The molecule has 1 heterocycles. The van der Waals surface area contributed by atoms with Gasteiger partial charge >= 0.3 is 0 Å². The van der Waals surface area contributed by atoms with Gasteiger partial charge in [-0.2, -0.15) is 4.37 Å². The van der Waals surface area contributed by atoms with Gasteiger partial charge in [-0.15, -0.1) is 0 Å². The fraction of sp³-hybridized carbons (Fsp3) is 0.125. The van der Waals surface area contributed by atoms with E-state index in [9.17, 15) is 13.2 Å². The minimum Gasteiger partial charge on any atom is -0.497 e. The van der Waals surface area contributed by atoms with Crippen LogP contribution in [-0.4, -0.2) is 37.3 Å². The Kier molecular flexibility index (Phi) is 7.28. The van der Waals surface area contributed by atoms with Crippen LogP contribution < -0.4 is 19.5 Å². The number of nitrogens with two attached hydrogens (primary N) is 1. The Morgan fingerprint density at radius 2 is 1.80 bits per heavy atom. The predicted octanol–water partition coefficient (Wildman–Crippen LogP) is 3.79. The maximum absolute atomic E-state index is 13.7. The molecule has 4 aromatic rings. The summed E-state index contributed by atoms with van der Waals surface area (Å²) in [6, 6.07) is 19.8. The molecule has 0 aliphatic carbocycles. The second-order valence-electron chi connectivity index (χ2n) is 7.36. The smallest absolute Gasteiger partial charge is 0.266 e. The van der Waals surface area contributed by atoms with E-state index >= 15 is 0 Å². The highest BCUT2D eigenvalue weighted by Crippen LogP contribution is 2.31. The van der Waals surface area contributed by atoms with Crippen molar-refractivity contribution >= 4 is 38.2 Å². The molecule has 0 radical (unpaired) electrons. The van der Waals surface area contributed by atoms with Crippen molar-refractivity contribution in [1.29, 1.82) is 0 Å². The molecule has 1 aromatic heterocycles. The topological polar surface area (TPSA) is 125 Å². The van der Waals surface area contributed by atoms with E-state index in [-0.39, 0.29) is 40.4 Å². The van der Waals surface area contributed by atoms with E-state index in [1.807, 2.05) is 0 Å². The summed E-state index contributed by atoms with van der Waals surface area (Å²) in [7, 11) is -2.52. The number of carbonyl (C=O) groups excluding carboxylic acids is 1. The first-order valence-corrected chi connectivity index (χ1v) is 12.6. The molecule has 0 saturated carbocycles. The van der Waals surface area contributed by atoms with Crippen LogP contribution in [0.15, 0.2) is 84.0 Å². The van der Waals surface area contributed by atoms with Crippen molar-refractivity contribution in [3.05, 3.63) is 90.3 Å². The van der Waals surface area contributed by atoms with Gasteiger partial charge in [0.2, 0.25) is 5.13 Å². The van der Waals surface area contributed by atoms with Crippen LogP contribution in [0.2, 0.25) is 0 Å². The van der Waals surface area contributed by atoms with Crippen LogP contribution in [-0.2, 0) is 16.6 Å². The van der Waals surface area contributed by atoms with Crippen LogP contribution in [0.3, 0.4) is 0 Å². The Hall–Kier alpha value is -3.96. The number of Topliss-reactive ketones (excluding diaryl/α,β-unsaturated/α-hetero) is 1. The van der Waals surface area contributed by atoms with Gasteiger partial charge in [-0.3, -0.25) is 4.79 Å². The van der Waals surface area contributed by atoms with Crippen molar-refractivity contribution in [2.24, 2.45) is 0 Å². The molecule has 9 nitrogen and oxygen atoms in total. The Labute approximate surface area is 207 Å². The first kappa shape index (κ1) is 24.2. The Morgan fingerprint density at radius 3 is 2.46 bits per heavy atom. The molecule has 0 saturated heterocycles. The summed E-state index contributed by atoms with van der Waals surface area (Å²) in [5, 5.41) is 0.208. The van der Waals surface area contributed by atoms with Crippen molar-refractivity contribution in [3.8, 4) is 11.5 Å². The molecule has 0 spiro atoms. The normalized spacial score (nSPS) is 11.1. The minimum atomic E-state index is -4.08. The van der Waals surface area contributed by atoms with Gasteiger partial charge in [0.15, 0.2) is 12.4 Å². The highest BCUT2D eigenvalue weighted by molar-refractivity contribution is 7.93. The zero-order chi connectivity index (χ0) is 24.8. The quantitative estimate of drug-likeness (QED) is 0.252. The van der Waals surface area contributed by atoms with Crippen LogP contribution in [0.1, 0.15) is 15.9 Å². The van der Waals surface area contributed by atoms with Crippen molar-refractivity contribution in [3.63, 3.8) is 0 Å². The molecule has 0 unspecified atom stereocenters. The maximum Gasteiger partial charge on any atom is 0.266 e. The monoisotopic (exact) mass is 510 g/mol. The van der Waals surface area contributed by atoms with Gasteiger partial charge in [-0.25, -0.2) is 17.7 Å². The number of anilines is 2. The standard InChI is InChI=1S/C24H22N4O5S2/c1-32-19-9-7-17(8-10-19)14-28(24-26-16-27-34-24)35(30,31)20-11-12-21(25)23(13-20)33-15-22(29)18-5-3-2-4-6-18/h2-13,16H,14-15,25H2,1H3. The lowest BCUT2D eigenvalue weighted by Gasteiger charge is -2.22. The third-order valence-electron chi connectivity index (χ3n) is 5.08. The van der Waals surface area contributed by atoms with Crippen LogP contribution >= 0.6 is 11.5 Å². The van der Waals surface area contributed by atoms with Crippen LogP contribution in [0, 0.1) is 0 Å². The van der Waals surface area contributed by atoms with Crippen LogP contribution in [0.4, 0.5) is 10.8 Å². The average Bonchev–Trinajstić information content (AvgIpc) is 3.41. The molecule has 0 amide bonds. The van der Waals surface area contributed by atoms with Gasteiger partial charge in [0.1, 0.15) is 17.8 Å². The van der Waals surface area contributed by atoms with Crippen molar-refractivity contribution in [2.45, 2.75) is 11.4 Å². The lowest BCUT2D eigenvalue weighted by atomic mass is 10.1. The number of hydrogen-bond donors (Lipinski definition) is 1. The summed E-state index contributed by atoms with van der Waals surface area (Å²) in [4.78, 5) is 16.5. The number of ketones is 1. The number of sulfonamides is 1. The second kappa shape index (κ2) is 10.5. The van der Waals surface area contributed by atoms with Gasteiger partial charge < -0.3 is 15.2 Å². The minimum absolute atomic E-state index is 0.0224. The highest BCUT2D eigenvalue weighted by Gasteiger charge is 2.28. The van der Waals surface area contributed by atoms with Gasteiger partial charge in [-0.1, -0.05) is 42.5 Å². The van der Waals surface area contributed by atoms with Crippen molar-refractivity contribution < 1.29 is 22.7 Å². The van der Waals surface area contributed by atoms with E-state index in [1.165, 1.54) is 24.5 Å². The number of methoxy groups -OCH3 is 1. The third-order valence-corrected chi connectivity index (χ3v) is 7.61. The SMILES string of the molecule is COc1ccc(CN(c2ncns2)S(=O)(=O)c2ccc(N)c(OCC(=O)c3ccccc3)c2)cc1. The maximum atomic E-state index is 13.7. The summed E-state index contributed by atoms with van der Waals surface area (Å²) < 4.78 is 43.2. The molecule has 0 aliphatic heterocycles. The van der Waals surface area contributed by atoms with Crippen molar-refractivity contribution in [1.82, 2.24) is 9.36 Å². The fourth-order valence-electron chi connectivity index (χ4n) is 3.21. The third kappa shape index (κ3) is 5.58. The van der Waals surface area contributed by atoms with Gasteiger partial charge in [0.05, 0.1) is 24.2 Å². The zero-order valence-corrected chi connectivity index (χ0v) is 20.3. The van der Waals surface area contributed by atoms with E-state index in [0.29, 0.717) is 11.3 Å². The lowest BCUT2D eigenvalue weighted by Crippen LogP contribution is -2.30. The van der Waals surface area contributed by atoms with Crippen LogP contribution in [0.5, 0.6) is 11.5 Å². The van der Waals surface area contributed by atoms with Crippen LogP contribution in [0.25, 0.3) is 0 Å².